The fraction of sp³-hybridized carbons (Fsp3) is 0.250. The van der Waals surface area contributed by atoms with Crippen LogP contribution in [0.5, 0.6) is 5.75 Å². The Morgan fingerprint density at radius 2 is 2.32 bits per heavy atom. The van der Waals surface area contributed by atoms with Crippen molar-refractivity contribution in [3.05, 3.63) is 42.5 Å². The number of allylic oxidation sites excluding steroid dienone is 2. The number of aromatic nitrogens is 1. The quantitative estimate of drug-likeness (QED) is 0.944. The number of benzene rings is 1. The Labute approximate surface area is 128 Å². The molecule has 0 atom stereocenters. The van der Waals surface area contributed by atoms with Gasteiger partial charge in [-0.15, -0.1) is 0 Å². The molecule has 0 radical (unpaired) electrons. The Bertz CT molecular complexity index is 761. The SMILES string of the molecule is CCc1nc2c(OC)ccc(NC(=O)N3C=CC=CC3)c2o1. The number of carbonyl (C=O) groups is 1. The molecule has 22 heavy (non-hydrogen) atoms. The third-order valence-corrected chi connectivity index (χ3v) is 3.39. The molecule has 1 N–H and O–H groups in total. The predicted octanol–water partition coefficient (Wildman–Crippen LogP) is 3.32. The molecule has 2 heterocycles. The van der Waals surface area contributed by atoms with Crippen LogP contribution < -0.4 is 10.1 Å². The molecule has 0 bridgehead atoms. The first kappa shape index (κ1) is 14.2. The molecule has 1 aliphatic rings. The fourth-order valence-electron chi connectivity index (χ4n) is 2.25. The minimum atomic E-state index is -0.221. The number of aryl methyl sites for hydroxylation is 1. The first-order chi connectivity index (χ1) is 10.7. The number of anilines is 1. The summed E-state index contributed by atoms with van der Waals surface area (Å²) in [5, 5.41) is 2.86. The van der Waals surface area contributed by atoms with Crippen molar-refractivity contribution in [2.45, 2.75) is 13.3 Å². The third-order valence-electron chi connectivity index (χ3n) is 3.39. The molecule has 1 aromatic heterocycles. The van der Waals surface area contributed by atoms with E-state index in [1.54, 1.807) is 30.3 Å². The second-order valence-electron chi connectivity index (χ2n) is 4.81. The van der Waals surface area contributed by atoms with E-state index in [4.69, 9.17) is 9.15 Å². The lowest BCUT2D eigenvalue weighted by molar-refractivity contribution is 0.231. The Morgan fingerprint density at radius 3 is 3.00 bits per heavy atom. The molecule has 0 fully saturated rings. The number of methoxy groups -OCH3 is 1. The molecule has 6 nitrogen and oxygen atoms in total. The van der Waals surface area contributed by atoms with Crippen LogP contribution in [-0.4, -0.2) is 29.6 Å². The van der Waals surface area contributed by atoms with Crippen LogP contribution >= 0.6 is 0 Å². The number of carbonyl (C=O) groups excluding carboxylic acids is 1. The Morgan fingerprint density at radius 1 is 1.45 bits per heavy atom. The zero-order valence-corrected chi connectivity index (χ0v) is 12.5. The van der Waals surface area contributed by atoms with Gasteiger partial charge in [-0.25, -0.2) is 9.78 Å². The minimum absolute atomic E-state index is 0.221. The Balaban J connectivity index is 1.93. The van der Waals surface area contributed by atoms with Crippen LogP contribution in [-0.2, 0) is 6.42 Å². The van der Waals surface area contributed by atoms with Gasteiger partial charge in [-0.05, 0) is 18.2 Å². The molecule has 6 heteroatoms. The second-order valence-corrected chi connectivity index (χ2v) is 4.81. The van der Waals surface area contributed by atoms with Gasteiger partial charge in [0.25, 0.3) is 0 Å². The van der Waals surface area contributed by atoms with Gasteiger partial charge in [0.15, 0.2) is 17.0 Å². The number of hydrogen-bond donors (Lipinski definition) is 1. The number of ether oxygens (including phenoxy) is 1. The van der Waals surface area contributed by atoms with Gasteiger partial charge in [-0.3, -0.25) is 4.90 Å². The van der Waals surface area contributed by atoms with E-state index in [9.17, 15) is 4.79 Å². The molecule has 1 aromatic carbocycles. The van der Waals surface area contributed by atoms with Crippen LogP contribution in [0.2, 0.25) is 0 Å². The largest absolute Gasteiger partial charge is 0.494 e. The van der Waals surface area contributed by atoms with E-state index in [0.29, 0.717) is 41.4 Å². The predicted molar refractivity (Wildman–Crippen MR) is 83.9 cm³/mol. The van der Waals surface area contributed by atoms with Gasteiger partial charge in [0.05, 0.1) is 12.8 Å². The molecular weight excluding hydrogens is 282 g/mol. The van der Waals surface area contributed by atoms with Crippen LogP contribution in [0.3, 0.4) is 0 Å². The van der Waals surface area contributed by atoms with E-state index < -0.39 is 0 Å². The van der Waals surface area contributed by atoms with Gasteiger partial charge in [-0.2, -0.15) is 0 Å². The summed E-state index contributed by atoms with van der Waals surface area (Å²) in [4.78, 5) is 18.3. The average Bonchev–Trinajstić information content (AvgIpc) is 3.00. The molecule has 0 saturated heterocycles. The molecule has 0 saturated carbocycles. The number of rotatable bonds is 3. The first-order valence-electron chi connectivity index (χ1n) is 7.10. The molecule has 2 amide bonds. The monoisotopic (exact) mass is 299 g/mol. The average molecular weight is 299 g/mol. The highest BCUT2D eigenvalue weighted by molar-refractivity contribution is 6.00. The van der Waals surface area contributed by atoms with Crippen LogP contribution in [0.4, 0.5) is 10.5 Å². The summed E-state index contributed by atoms with van der Waals surface area (Å²) >= 11 is 0. The number of amides is 2. The highest BCUT2D eigenvalue weighted by Crippen LogP contribution is 2.32. The topological polar surface area (TPSA) is 67.6 Å². The summed E-state index contributed by atoms with van der Waals surface area (Å²) in [6.07, 6.45) is 8.03. The number of urea groups is 1. The summed E-state index contributed by atoms with van der Waals surface area (Å²) in [5.74, 6) is 1.23. The molecule has 114 valence electrons. The Kier molecular flexibility index (Phi) is 3.82. The van der Waals surface area contributed by atoms with Crippen molar-refractivity contribution >= 4 is 22.8 Å². The summed E-state index contributed by atoms with van der Waals surface area (Å²) in [7, 11) is 1.58. The summed E-state index contributed by atoms with van der Waals surface area (Å²) in [6.45, 7) is 2.50. The Hall–Kier alpha value is -2.76. The molecule has 3 rings (SSSR count). The van der Waals surface area contributed by atoms with Crippen molar-refractivity contribution in [2.24, 2.45) is 0 Å². The smallest absolute Gasteiger partial charge is 0.326 e. The standard InChI is InChI=1S/C16H17N3O3/c1-3-13-18-14-12(21-2)8-7-11(15(14)22-13)17-16(20)19-9-5-4-6-10-19/h4-9H,3,10H2,1-2H3,(H,17,20). The van der Waals surface area contributed by atoms with Gasteiger partial charge in [0.2, 0.25) is 0 Å². The van der Waals surface area contributed by atoms with Crippen LogP contribution in [0, 0.1) is 0 Å². The molecule has 0 spiro atoms. The van der Waals surface area contributed by atoms with Gasteiger partial charge < -0.3 is 14.5 Å². The number of nitrogens with one attached hydrogen (secondary N) is 1. The lowest BCUT2D eigenvalue weighted by Crippen LogP contribution is -2.31. The lowest BCUT2D eigenvalue weighted by atomic mass is 10.2. The van der Waals surface area contributed by atoms with Crippen molar-refractivity contribution < 1.29 is 13.9 Å². The first-order valence-corrected chi connectivity index (χ1v) is 7.10. The minimum Gasteiger partial charge on any atom is -0.494 e. The number of oxazole rings is 1. The third kappa shape index (κ3) is 2.55. The lowest BCUT2D eigenvalue weighted by Gasteiger charge is -2.19. The van der Waals surface area contributed by atoms with E-state index in [1.807, 2.05) is 25.2 Å². The molecule has 0 aliphatic carbocycles. The van der Waals surface area contributed by atoms with Gasteiger partial charge in [0, 0.05) is 19.2 Å². The van der Waals surface area contributed by atoms with E-state index in [0.717, 1.165) is 0 Å². The van der Waals surface area contributed by atoms with Crippen molar-refractivity contribution in [3.8, 4) is 5.75 Å². The van der Waals surface area contributed by atoms with Crippen LogP contribution in [0.15, 0.2) is 41.0 Å². The summed E-state index contributed by atoms with van der Waals surface area (Å²) < 4.78 is 11.0. The normalized spacial score (nSPS) is 13.6. The fourth-order valence-corrected chi connectivity index (χ4v) is 2.25. The summed E-state index contributed by atoms with van der Waals surface area (Å²) in [6, 6.07) is 3.31. The molecule has 0 unspecified atom stereocenters. The molecule has 2 aromatic rings. The van der Waals surface area contributed by atoms with Crippen LogP contribution in [0.1, 0.15) is 12.8 Å². The molecule has 1 aliphatic heterocycles. The van der Waals surface area contributed by atoms with Gasteiger partial charge >= 0.3 is 6.03 Å². The zero-order chi connectivity index (χ0) is 15.5. The number of nitrogens with zero attached hydrogens (tertiary/aromatic N) is 2. The number of hydrogen-bond acceptors (Lipinski definition) is 4. The highest BCUT2D eigenvalue weighted by atomic mass is 16.5. The number of fused-ring (bicyclic) bond motifs is 1. The maximum Gasteiger partial charge on any atom is 0.326 e. The van der Waals surface area contributed by atoms with Crippen molar-refractivity contribution in [1.82, 2.24) is 9.88 Å². The van der Waals surface area contributed by atoms with E-state index >= 15 is 0 Å². The summed E-state index contributed by atoms with van der Waals surface area (Å²) in [5.41, 5.74) is 1.73. The van der Waals surface area contributed by atoms with Gasteiger partial charge in [-0.1, -0.05) is 19.1 Å². The van der Waals surface area contributed by atoms with Crippen LogP contribution in [0.25, 0.3) is 11.1 Å². The maximum atomic E-state index is 12.3. The zero-order valence-electron chi connectivity index (χ0n) is 12.5. The second kappa shape index (κ2) is 5.93. The van der Waals surface area contributed by atoms with Crippen molar-refractivity contribution in [2.75, 3.05) is 19.0 Å². The van der Waals surface area contributed by atoms with Crippen molar-refractivity contribution in [3.63, 3.8) is 0 Å². The van der Waals surface area contributed by atoms with Gasteiger partial charge in [0.1, 0.15) is 5.75 Å². The highest BCUT2D eigenvalue weighted by Gasteiger charge is 2.17. The van der Waals surface area contributed by atoms with Crippen molar-refractivity contribution in [1.29, 1.82) is 0 Å². The van der Waals surface area contributed by atoms with E-state index in [2.05, 4.69) is 10.3 Å². The maximum absolute atomic E-state index is 12.3. The molecular formula is C16H17N3O3. The van der Waals surface area contributed by atoms with E-state index in [-0.39, 0.29) is 6.03 Å². The van der Waals surface area contributed by atoms with E-state index in [1.165, 1.54) is 0 Å².